The molecular weight excluding hydrogens is 210 g/mol. The molecule has 0 saturated carbocycles. The standard InChI is InChI=1S/C15H17NO/c1-3-6-12(17)9-10-13-11(2)16-15-8-5-4-7-14(13)15/h4-5,7-10,16H,3,6H2,1-2H3/b10-9+. The van der Waals surface area contributed by atoms with E-state index in [1.165, 1.54) is 5.39 Å². The summed E-state index contributed by atoms with van der Waals surface area (Å²) in [6.07, 6.45) is 5.13. The van der Waals surface area contributed by atoms with Crippen LogP contribution >= 0.6 is 0 Å². The molecule has 0 atom stereocenters. The first-order valence-electron chi connectivity index (χ1n) is 6.00. The van der Waals surface area contributed by atoms with Crippen molar-refractivity contribution in [1.29, 1.82) is 0 Å². The maximum Gasteiger partial charge on any atom is 0.155 e. The van der Waals surface area contributed by atoms with Crippen LogP contribution in [0.3, 0.4) is 0 Å². The van der Waals surface area contributed by atoms with Crippen LogP contribution in [0.1, 0.15) is 31.0 Å². The molecule has 1 N–H and O–H groups in total. The van der Waals surface area contributed by atoms with Crippen LogP contribution in [0.2, 0.25) is 0 Å². The number of H-pyrrole nitrogens is 1. The Morgan fingerprint density at radius 3 is 2.88 bits per heavy atom. The topological polar surface area (TPSA) is 32.9 Å². The predicted molar refractivity (Wildman–Crippen MR) is 72.0 cm³/mol. The number of hydrogen-bond donors (Lipinski definition) is 1. The molecule has 1 heterocycles. The summed E-state index contributed by atoms with van der Waals surface area (Å²) in [5.41, 5.74) is 3.34. The fraction of sp³-hybridized carbons (Fsp3) is 0.267. The Bertz CT molecular complexity index is 563. The van der Waals surface area contributed by atoms with E-state index < -0.39 is 0 Å². The number of allylic oxidation sites excluding steroid dienone is 1. The van der Waals surface area contributed by atoms with E-state index in [0.717, 1.165) is 23.2 Å². The van der Waals surface area contributed by atoms with Crippen molar-refractivity contribution in [2.45, 2.75) is 26.7 Å². The van der Waals surface area contributed by atoms with Gasteiger partial charge in [0.2, 0.25) is 0 Å². The highest BCUT2D eigenvalue weighted by atomic mass is 16.1. The van der Waals surface area contributed by atoms with Gasteiger partial charge in [-0.05, 0) is 31.6 Å². The minimum atomic E-state index is 0.192. The third-order valence-electron chi connectivity index (χ3n) is 2.88. The van der Waals surface area contributed by atoms with Crippen LogP contribution in [0.5, 0.6) is 0 Å². The van der Waals surface area contributed by atoms with Crippen molar-refractivity contribution >= 4 is 22.8 Å². The number of rotatable bonds is 4. The van der Waals surface area contributed by atoms with E-state index in [-0.39, 0.29) is 5.78 Å². The fourth-order valence-electron chi connectivity index (χ4n) is 2.02. The number of aromatic nitrogens is 1. The molecule has 0 aliphatic heterocycles. The Balaban J connectivity index is 2.35. The molecule has 1 aromatic heterocycles. The second kappa shape index (κ2) is 5.00. The summed E-state index contributed by atoms with van der Waals surface area (Å²) in [6.45, 7) is 4.05. The Kier molecular flexibility index (Phi) is 3.43. The Morgan fingerprint density at radius 2 is 2.12 bits per heavy atom. The third kappa shape index (κ3) is 2.47. The van der Waals surface area contributed by atoms with Gasteiger partial charge in [0.15, 0.2) is 5.78 Å². The zero-order valence-corrected chi connectivity index (χ0v) is 10.3. The highest BCUT2D eigenvalue weighted by molar-refractivity contribution is 5.97. The smallest absolute Gasteiger partial charge is 0.155 e. The number of hydrogen-bond acceptors (Lipinski definition) is 1. The van der Waals surface area contributed by atoms with Crippen LogP contribution in [0.15, 0.2) is 30.3 Å². The van der Waals surface area contributed by atoms with E-state index in [0.29, 0.717) is 6.42 Å². The average Bonchev–Trinajstić information content (AvgIpc) is 2.62. The molecule has 0 amide bonds. The predicted octanol–water partition coefficient (Wildman–Crippen LogP) is 3.86. The van der Waals surface area contributed by atoms with E-state index in [1.807, 2.05) is 38.1 Å². The maximum absolute atomic E-state index is 11.5. The molecule has 0 fully saturated rings. The van der Waals surface area contributed by atoms with Crippen molar-refractivity contribution in [2.75, 3.05) is 0 Å². The van der Waals surface area contributed by atoms with Gasteiger partial charge in [0.1, 0.15) is 0 Å². The van der Waals surface area contributed by atoms with Crippen molar-refractivity contribution in [1.82, 2.24) is 4.98 Å². The van der Waals surface area contributed by atoms with Crippen molar-refractivity contribution in [3.8, 4) is 0 Å². The first-order chi connectivity index (χ1) is 8.22. The van der Waals surface area contributed by atoms with Gasteiger partial charge in [-0.3, -0.25) is 4.79 Å². The second-order valence-corrected chi connectivity index (χ2v) is 4.26. The number of carbonyl (C=O) groups excluding carboxylic acids is 1. The van der Waals surface area contributed by atoms with Gasteiger partial charge in [0.05, 0.1) is 0 Å². The van der Waals surface area contributed by atoms with Gasteiger partial charge in [-0.1, -0.05) is 25.1 Å². The molecule has 0 bridgehead atoms. The summed E-state index contributed by atoms with van der Waals surface area (Å²) in [5, 5.41) is 1.17. The summed E-state index contributed by atoms with van der Waals surface area (Å²) in [5.74, 6) is 0.192. The van der Waals surface area contributed by atoms with E-state index in [9.17, 15) is 4.79 Å². The number of carbonyl (C=O) groups is 1. The van der Waals surface area contributed by atoms with Crippen LogP contribution in [0, 0.1) is 6.92 Å². The monoisotopic (exact) mass is 227 g/mol. The molecule has 2 rings (SSSR count). The van der Waals surface area contributed by atoms with Gasteiger partial charge in [-0.25, -0.2) is 0 Å². The summed E-state index contributed by atoms with van der Waals surface area (Å²) < 4.78 is 0. The van der Waals surface area contributed by atoms with E-state index in [1.54, 1.807) is 6.08 Å². The molecule has 0 aliphatic rings. The SMILES string of the molecule is CCCC(=O)/C=C/c1c(C)[nH]c2ccccc12. The molecule has 1 aromatic carbocycles. The number of nitrogens with one attached hydrogen (secondary N) is 1. The molecule has 88 valence electrons. The van der Waals surface area contributed by atoms with Gasteiger partial charge >= 0.3 is 0 Å². The molecule has 0 radical (unpaired) electrons. The highest BCUT2D eigenvalue weighted by Crippen LogP contribution is 2.22. The molecule has 2 heteroatoms. The van der Waals surface area contributed by atoms with Crippen molar-refractivity contribution in [2.24, 2.45) is 0 Å². The molecule has 2 aromatic rings. The molecule has 0 unspecified atom stereocenters. The van der Waals surface area contributed by atoms with Crippen molar-refractivity contribution in [3.63, 3.8) is 0 Å². The molecule has 0 spiro atoms. The summed E-state index contributed by atoms with van der Waals surface area (Å²) in [4.78, 5) is 14.8. The van der Waals surface area contributed by atoms with Gasteiger partial charge in [0, 0.05) is 28.6 Å². The van der Waals surface area contributed by atoms with Crippen molar-refractivity contribution in [3.05, 3.63) is 41.6 Å². The van der Waals surface area contributed by atoms with Crippen molar-refractivity contribution < 1.29 is 4.79 Å². The molecular formula is C15H17NO. The normalized spacial score (nSPS) is 11.4. The van der Waals surface area contributed by atoms with E-state index in [4.69, 9.17) is 0 Å². The summed E-state index contributed by atoms with van der Waals surface area (Å²) in [6, 6.07) is 8.14. The Labute approximate surface area is 101 Å². The number of fused-ring (bicyclic) bond motifs is 1. The Morgan fingerprint density at radius 1 is 1.35 bits per heavy atom. The zero-order valence-electron chi connectivity index (χ0n) is 10.3. The van der Waals surface area contributed by atoms with Crippen LogP contribution in [0.4, 0.5) is 0 Å². The van der Waals surface area contributed by atoms with Crippen LogP contribution in [-0.4, -0.2) is 10.8 Å². The molecule has 17 heavy (non-hydrogen) atoms. The second-order valence-electron chi connectivity index (χ2n) is 4.26. The molecule has 0 aliphatic carbocycles. The van der Waals surface area contributed by atoms with Gasteiger partial charge in [-0.2, -0.15) is 0 Å². The molecule has 2 nitrogen and oxygen atoms in total. The first kappa shape index (κ1) is 11.6. The zero-order chi connectivity index (χ0) is 12.3. The minimum Gasteiger partial charge on any atom is -0.358 e. The summed E-state index contributed by atoms with van der Waals surface area (Å²) >= 11 is 0. The lowest BCUT2D eigenvalue weighted by Crippen LogP contribution is -1.89. The summed E-state index contributed by atoms with van der Waals surface area (Å²) in [7, 11) is 0. The lowest BCUT2D eigenvalue weighted by Gasteiger charge is -1.93. The van der Waals surface area contributed by atoms with Crippen LogP contribution < -0.4 is 0 Å². The number of para-hydroxylation sites is 1. The lowest BCUT2D eigenvalue weighted by atomic mass is 10.1. The quantitative estimate of drug-likeness (QED) is 0.790. The Hall–Kier alpha value is -1.83. The average molecular weight is 227 g/mol. The maximum atomic E-state index is 11.5. The third-order valence-corrected chi connectivity index (χ3v) is 2.88. The number of aryl methyl sites for hydroxylation is 1. The minimum absolute atomic E-state index is 0.192. The molecule has 0 saturated heterocycles. The number of aromatic amines is 1. The number of ketones is 1. The van der Waals surface area contributed by atoms with E-state index in [2.05, 4.69) is 11.1 Å². The number of benzene rings is 1. The van der Waals surface area contributed by atoms with Gasteiger partial charge < -0.3 is 4.98 Å². The largest absolute Gasteiger partial charge is 0.358 e. The van der Waals surface area contributed by atoms with E-state index >= 15 is 0 Å². The first-order valence-corrected chi connectivity index (χ1v) is 6.00. The lowest BCUT2D eigenvalue weighted by molar-refractivity contribution is -0.114. The van der Waals surface area contributed by atoms with Gasteiger partial charge in [-0.15, -0.1) is 0 Å². The van der Waals surface area contributed by atoms with Gasteiger partial charge in [0.25, 0.3) is 0 Å². The highest BCUT2D eigenvalue weighted by Gasteiger charge is 2.04. The van der Waals surface area contributed by atoms with Crippen LogP contribution in [0.25, 0.3) is 17.0 Å². The fourth-order valence-corrected chi connectivity index (χ4v) is 2.02. The van der Waals surface area contributed by atoms with Crippen LogP contribution in [-0.2, 0) is 4.79 Å².